The van der Waals surface area contributed by atoms with Gasteiger partial charge in [0.25, 0.3) is 5.91 Å². The van der Waals surface area contributed by atoms with Crippen LogP contribution in [0.3, 0.4) is 0 Å². The van der Waals surface area contributed by atoms with E-state index in [1.54, 1.807) is 6.92 Å². The number of rotatable bonds is 4. The van der Waals surface area contributed by atoms with Gasteiger partial charge in [-0.25, -0.2) is 4.79 Å². The Balaban J connectivity index is 2.70. The summed E-state index contributed by atoms with van der Waals surface area (Å²) >= 11 is 11.5. The molecule has 1 aromatic carbocycles. The van der Waals surface area contributed by atoms with Crippen molar-refractivity contribution in [2.24, 2.45) is 0 Å². The van der Waals surface area contributed by atoms with Crippen LogP contribution in [0.5, 0.6) is 0 Å². The molecule has 0 aliphatic carbocycles. The number of nitrogen functional groups attached to an aromatic ring is 1. The molecule has 0 aromatic heterocycles. The van der Waals surface area contributed by atoms with Crippen LogP contribution in [0.2, 0.25) is 10.0 Å². The van der Waals surface area contributed by atoms with Crippen molar-refractivity contribution in [2.75, 3.05) is 18.9 Å². The quantitative estimate of drug-likeness (QED) is 0.655. The number of halogens is 2. The Labute approximate surface area is 114 Å². The average Bonchev–Trinajstić information content (AvgIpc) is 2.32. The van der Waals surface area contributed by atoms with Crippen LogP contribution in [-0.4, -0.2) is 25.0 Å². The van der Waals surface area contributed by atoms with Gasteiger partial charge >= 0.3 is 5.97 Å². The Morgan fingerprint density at radius 3 is 2.61 bits per heavy atom. The largest absolute Gasteiger partial charge is 0.452 e. The maximum atomic E-state index is 11.6. The smallest absolute Gasteiger partial charge is 0.338 e. The standard InChI is InChI=1S/C11H12Cl2N2O3/c1-2-15-9(16)5-18-11(17)6-3-7(12)10(13)8(14)4-6/h3-4H,2,5,14H2,1H3,(H,15,16). The van der Waals surface area contributed by atoms with Gasteiger partial charge in [-0.2, -0.15) is 0 Å². The van der Waals surface area contributed by atoms with Gasteiger partial charge in [0, 0.05) is 6.54 Å². The van der Waals surface area contributed by atoms with Gasteiger partial charge in [-0.05, 0) is 19.1 Å². The second-order valence-electron chi connectivity index (χ2n) is 3.39. The zero-order valence-electron chi connectivity index (χ0n) is 9.63. The Bertz CT molecular complexity index is 454. The predicted molar refractivity (Wildman–Crippen MR) is 69.8 cm³/mol. The number of ether oxygens (including phenoxy) is 1. The third-order valence-electron chi connectivity index (χ3n) is 2.00. The fraction of sp³-hybridized carbons (Fsp3) is 0.273. The summed E-state index contributed by atoms with van der Waals surface area (Å²) in [4.78, 5) is 22.7. The lowest BCUT2D eigenvalue weighted by atomic mass is 10.2. The first-order chi connectivity index (χ1) is 8.45. The summed E-state index contributed by atoms with van der Waals surface area (Å²) in [5.41, 5.74) is 5.88. The Hall–Kier alpha value is -1.46. The van der Waals surface area contributed by atoms with Crippen LogP contribution in [0.1, 0.15) is 17.3 Å². The number of amides is 1. The first kappa shape index (κ1) is 14.6. The van der Waals surface area contributed by atoms with Crippen molar-refractivity contribution in [1.29, 1.82) is 0 Å². The molecule has 0 bridgehead atoms. The lowest BCUT2D eigenvalue weighted by Crippen LogP contribution is -2.28. The normalized spacial score (nSPS) is 9.94. The molecule has 3 N–H and O–H groups in total. The number of carbonyl (C=O) groups is 2. The molecule has 18 heavy (non-hydrogen) atoms. The van der Waals surface area contributed by atoms with Crippen molar-refractivity contribution < 1.29 is 14.3 Å². The molecule has 0 aliphatic rings. The number of anilines is 1. The van der Waals surface area contributed by atoms with Crippen molar-refractivity contribution >= 4 is 40.8 Å². The molecule has 0 saturated heterocycles. The van der Waals surface area contributed by atoms with Gasteiger partial charge in [-0.15, -0.1) is 0 Å². The van der Waals surface area contributed by atoms with Crippen LogP contribution in [0.4, 0.5) is 5.69 Å². The number of hydrogen-bond acceptors (Lipinski definition) is 4. The van der Waals surface area contributed by atoms with E-state index >= 15 is 0 Å². The molecule has 0 spiro atoms. The summed E-state index contributed by atoms with van der Waals surface area (Å²) in [7, 11) is 0. The van der Waals surface area contributed by atoms with Crippen LogP contribution in [0, 0.1) is 0 Å². The van der Waals surface area contributed by atoms with E-state index < -0.39 is 5.97 Å². The van der Waals surface area contributed by atoms with Crippen LogP contribution in [0.25, 0.3) is 0 Å². The van der Waals surface area contributed by atoms with Crippen LogP contribution in [-0.2, 0) is 9.53 Å². The molecule has 0 atom stereocenters. The Morgan fingerprint density at radius 2 is 2.06 bits per heavy atom. The third-order valence-corrected chi connectivity index (χ3v) is 2.82. The van der Waals surface area contributed by atoms with Gasteiger partial charge < -0.3 is 15.8 Å². The molecule has 1 rings (SSSR count). The number of benzene rings is 1. The van der Waals surface area contributed by atoms with Crippen molar-refractivity contribution in [2.45, 2.75) is 6.92 Å². The predicted octanol–water partition coefficient (Wildman–Crippen LogP) is 1.87. The van der Waals surface area contributed by atoms with Crippen LogP contribution < -0.4 is 11.1 Å². The van der Waals surface area contributed by atoms with E-state index in [4.69, 9.17) is 33.7 Å². The van der Waals surface area contributed by atoms with Crippen molar-refractivity contribution in [3.05, 3.63) is 27.7 Å². The summed E-state index contributed by atoms with van der Waals surface area (Å²) in [5, 5.41) is 2.83. The molecule has 5 nitrogen and oxygen atoms in total. The number of esters is 1. The van der Waals surface area contributed by atoms with Gasteiger partial charge in [-0.3, -0.25) is 4.79 Å². The summed E-state index contributed by atoms with van der Waals surface area (Å²) in [6, 6.07) is 2.68. The summed E-state index contributed by atoms with van der Waals surface area (Å²) in [6.45, 7) is 1.88. The molecule has 0 heterocycles. The van der Waals surface area contributed by atoms with Gasteiger partial charge in [0.1, 0.15) is 0 Å². The number of nitrogens with one attached hydrogen (secondary N) is 1. The fourth-order valence-electron chi connectivity index (χ4n) is 1.19. The van der Waals surface area contributed by atoms with Gasteiger partial charge in [0.15, 0.2) is 6.61 Å². The zero-order chi connectivity index (χ0) is 13.7. The first-order valence-corrected chi connectivity index (χ1v) is 5.89. The van der Waals surface area contributed by atoms with E-state index in [-0.39, 0.29) is 33.8 Å². The molecule has 0 aliphatic heterocycles. The highest BCUT2D eigenvalue weighted by Gasteiger charge is 2.13. The lowest BCUT2D eigenvalue weighted by molar-refractivity contribution is -0.124. The molecular weight excluding hydrogens is 279 g/mol. The van der Waals surface area contributed by atoms with E-state index in [1.807, 2.05) is 0 Å². The topological polar surface area (TPSA) is 81.4 Å². The SMILES string of the molecule is CCNC(=O)COC(=O)c1cc(N)c(Cl)c(Cl)c1. The summed E-state index contributed by atoms with van der Waals surface area (Å²) in [5.74, 6) is -1.06. The van der Waals surface area contributed by atoms with E-state index in [9.17, 15) is 9.59 Å². The Kier molecular flexibility index (Phi) is 5.25. The van der Waals surface area contributed by atoms with E-state index in [1.165, 1.54) is 12.1 Å². The Morgan fingerprint density at radius 1 is 1.39 bits per heavy atom. The second-order valence-corrected chi connectivity index (χ2v) is 4.18. The maximum absolute atomic E-state index is 11.6. The molecule has 0 radical (unpaired) electrons. The van der Waals surface area contributed by atoms with Gasteiger partial charge in [0.05, 0.1) is 21.3 Å². The molecule has 7 heteroatoms. The van der Waals surface area contributed by atoms with Crippen LogP contribution in [0.15, 0.2) is 12.1 Å². The number of likely N-dealkylation sites (N-methyl/N-ethyl adjacent to an activating group) is 1. The summed E-state index contributed by atoms with van der Waals surface area (Å²) < 4.78 is 4.78. The van der Waals surface area contributed by atoms with Crippen LogP contribution >= 0.6 is 23.2 Å². The second kappa shape index (κ2) is 6.47. The van der Waals surface area contributed by atoms with E-state index in [2.05, 4.69) is 5.32 Å². The molecule has 0 fully saturated rings. The monoisotopic (exact) mass is 290 g/mol. The number of nitrogens with two attached hydrogens (primary N) is 1. The molecule has 0 saturated carbocycles. The van der Waals surface area contributed by atoms with E-state index in [0.717, 1.165) is 0 Å². The minimum Gasteiger partial charge on any atom is -0.452 e. The van der Waals surface area contributed by atoms with Gasteiger partial charge in [0.2, 0.25) is 0 Å². The average molecular weight is 291 g/mol. The van der Waals surface area contributed by atoms with Crippen molar-refractivity contribution in [1.82, 2.24) is 5.32 Å². The highest BCUT2D eigenvalue weighted by atomic mass is 35.5. The molecule has 98 valence electrons. The first-order valence-electron chi connectivity index (χ1n) is 5.14. The zero-order valence-corrected chi connectivity index (χ0v) is 11.1. The molecule has 1 amide bonds. The minimum atomic E-state index is -0.688. The number of carbonyl (C=O) groups excluding carboxylic acids is 2. The van der Waals surface area contributed by atoms with Crippen molar-refractivity contribution in [3.63, 3.8) is 0 Å². The lowest BCUT2D eigenvalue weighted by Gasteiger charge is -2.07. The summed E-state index contributed by atoms with van der Waals surface area (Å²) in [6.07, 6.45) is 0. The fourth-order valence-corrected chi connectivity index (χ4v) is 1.53. The maximum Gasteiger partial charge on any atom is 0.338 e. The number of hydrogen-bond donors (Lipinski definition) is 2. The van der Waals surface area contributed by atoms with Gasteiger partial charge in [-0.1, -0.05) is 23.2 Å². The van der Waals surface area contributed by atoms with E-state index in [0.29, 0.717) is 6.54 Å². The van der Waals surface area contributed by atoms with Crippen molar-refractivity contribution in [3.8, 4) is 0 Å². The molecule has 0 unspecified atom stereocenters. The molecular formula is C11H12Cl2N2O3. The highest BCUT2D eigenvalue weighted by molar-refractivity contribution is 6.43. The highest BCUT2D eigenvalue weighted by Crippen LogP contribution is 2.29. The third kappa shape index (κ3) is 3.78. The molecule has 1 aromatic rings. The minimum absolute atomic E-state index is 0.145.